The number of fused-ring (bicyclic) bond motifs is 1. The third kappa shape index (κ3) is 1.77. The number of hydrogen-bond donors (Lipinski definition) is 0. The molecule has 0 spiro atoms. The number of hydrogen-bond acceptors (Lipinski definition) is 2. The van der Waals surface area contributed by atoms with E-state index in [0.29, 0.717) is 5.52 Å². The van der Waals surface area contributed by atoms with Crippen molar-refractivity contribution in [3.8, 4) is 5.75 Å². The fourth-order valence-electron chi connectivity index (χ4n) is 2.21. The van der Waals surface area contributed by atoms with Gasteiger partial charge in [-0.1, -0.05) is 0 Å². The van der Waals surface area contributed by atoms with Gasteiger partial charge in [0.1, 0.15) is 22.6 Å². The molecule has 0 saturated carbocycles. The van der Waals surface area contributed by atoms with Gasteiger partial charge in [-0.05, 0) is 67.2 Å². The van der Waals surface area contributed by atoms with E-state index in [1.165, 1.54) is 22.3 Å². The highest BCUT2D eigenvalue weighted by Crippen LogP contribution is 2.39. The van der Waals surface area contributed by atoms with Crippen LogP contribution in [0.4, 0.5) is 0 Å². The van der Waals surface area contributed by atoms with Crippen LogP contribution in [-0.2, 0) is 0 Å². The summed E-state index contributed by atoms with van der Waals surface area (Å²) in [5, 5.41) is 1.11. The number of furan rings is 1. The number of benzene rings is 1. The lowest BCUT2D eigenvalue weighted by Crippen LogP contribution is -1.97. The number of alkyl halides is 1. The van der Waals surface area contributed by atoms with Crippen molar-refractivity contribution in [1.29, 1.82) is 0 Å². The Kier molecular flexibility index (Phi) is 3.21. The van der Waals surface area contributed by atoms with Crippen LogP contribution in [0.5, 0.6) is 5.75 Å². The Labute approximate surface area is 110 Å². The smallest absolute Gasteiger partial charge is 0.143 e. The molecular formula is C14H17BrO2. The number of ether oxygens (including phenoxy) is 1. The molecule has 2 aromatic rings. The zero-order valence-corrected chi connectivity index (χ0v) is 12.5. The monoisotopic (exact) mass is 296 g/mol. The summed E-state index contributed by atoms with van der Waals surface area (Å²) in [5.74, 6) is 1.90. The minimum Gasteiger partial charge on any atom is -0.481 e. The van der Waals surface area contributed by atoms with E-state index in [0.717, 1.165) is 22.5 Å². The first-order valence-electron chi connectivity index (χ1n) is 5.67. The predicted octanol–water partition coefficient (Wildman–Crippen LogP) is 4.71. The van der Waals surface area contributed by atoms with E-state index in [9.17, 15) is 0 Å². The van der Waals surface area contributed by atoms with Gasteiger partial charge in [0.2, 0.25) is 0 Å². The second-order valence-corrected chi connectivity index (χ2v) is 4.90. The van der Waals surface area contributed by atoms with Crippen molar-refractivity contribution in [2.75, 3.05) is 5.52 Å². The standard InChI is InChI=1S/C14H17BrO2/c1-7-8(2)13(16-6-15)12-10(4)11(5)17-14(12)9(7)3/h6H2,1-5H3. The predicted molar refractivity (Wildman–Crippen MR) is 74.3 cm³/mol. The molecule has 0 radical (unpaired) electrons. The van der Waals surface area contributed by atoms with E-state index in [-0.39, 0.29) is 0 Å². The summed E-state index contributed by atoms with van der Waals surface area (Å²) < 4.78 is 11.6. The fraction of sp³-hybridized carbons (Fsp3) is 0.429. The highest BCUT2D eigenvalue weighted by molar-refractivity contribution is 9.09. The van der Waals surface area contributed by atoms with Gasteiger partial charge in [0.25, 0.3) is 0 Å². The molecular weight excluding hydrogens is 280 g/mol. The van der Waals surface area contributed by atoms with Crippen LogP contribution in [0.2, 0.25) is 0 Å². The first-order valence-corrected chi connectivity index (χ1v) is 6.79. The largest absolute Gasteiger partial charge is 0.481 e. The maximum Gasteiger partial charge on any atom is 0.143 e. The molecule has 3 heteroatoms. The second kappa shape index (κ2) is 4.37. The second-order valence-electron chi connectivity index (χ2n) is 4.44. The average Bonchev–Trinajstić information content (AvgIpc) is 2.59. The molecule has 1 aromatic heterocycles. The minimum absolute atomic E-state index is 0.495. The molecule has 1 heterocycles. The summed E-state index contributed by atoms with van der Waals surface area (Å²) in [6, 6.07) is 0. The summed E-state index contributed by atoms with van der Waals surface area (Å²) in [7, 11) is 0. The van der Waals surface area contributed by atoms with Gasteiger partial charge in [0, 0.05) is 5.56 Å². The van der Waals surface area contributed by atoms with E-state index in [1.54, 1.807) is 0 Å². The van der Waals surface area contributed by atoms with Crippen molar-refractivity contribution in [1.82, 2.24) is 0 Å². The molecule has 17 heavy (non-hydrogen) atoms. The van der Waals surface area contributed by atoms with E-state index >= 15 is 0 Å². The number of rotatable bonds is 2. The molecule has 0 unspecified atom stereocenters. The van der Waals surface area contributed by atoms with Gasteiger partial charge in [-0.25, -0.2) is 0 Å². The topological polar surface area (TPSA) is 22.4 Å². The van der Waals surface area contributed by atoms with Crippen molar-refractivity contribution in [3.63, 3.8) is 0 Å². The van der Waals surface area contributed by atoms with Gasteiger partial charge < -0.3 is 9.15 Å². The van der Waals surface area contributed by atoms with Crippen LogP contribution >= 0.6 is 15.9 Å². The van der Waals surface area contributed by atoms with E-state index in [1.807, 2.05) is 6.92 Å². The van der Waals surface area contributed by atoms with Crippen LogP contribution in [0.15, 0.2) is 4.42 Å². The van der Waals surface area contributed by atoms with Crippen LogP contribution in [0.25, 0.3) is 11.0 Å². The molecule has 92 valence electrons. The van der Waals surface area contributed by atoms with Crippen molar-refractivity contribution in [2.45, 2.75) is 34.6 Å². The molecule has 0 aliphatic carbocycles. The Morgan fingerprint density at radius 2 is 1.59 bits per heavy atom. The molecule has 2 nitrogen and oxygen atoms in total. The van der Waals surface area contributed by atoms with Crippen molar-refractivity contribution >= 4 is 26.9 Å². The van der Waals surface area contributed by atoms with Gasteiger partial charge >= 0.3 is 0 Å². The Hall–Kier alpha value is -0.960. The van der Waals surface area contributed by atoms with Crippen LogP contribution in [0, 0.1) is 34.6 Å². The van der Waals surface area contributed by atoms with Gasteiger partial charge in [-0.2, -0.15) is 0 Å². The number of aryl methyl sites for hydroxylation is 3. The van der Waals surface area contributed by atoms with Crippen LogP contribution in [-0.4, -0.2) is 5.52 Å². The van der Waals surface area contributed by atoms with Crippen molar-refractivity contribution < 1.29 is 9.15 Å². The molecule has 0 atom stereocenters. The lowest BCUT2D eigenvalue weighted by atomic mass is 9.98. The van der Waals surface area contributed by atoms with Gasteiger partial charge in [-0.15, -0.1) is 0 Å². The first-order chi connectivity index (χ1) is 7.99. The first kappa shape index (κ1) is 12.5. The summed E-state index contributed by atoms with van der Waals surface area (Å²) in [6.07, 6.45) is 0. The highest BCUT2D eigenvalue weighted by atomic mass is 79.9. The Morgan fingerprint density at radius 3 is 2.18 bits per heavy atom. The Bertz CT molecular complexity index is 582. The summed E-state index contributed by atoms with van der Waals surface area (Å²) in [4.78, 5) is 0. The maximum atomic E-state index is 5.86. The van der Waals surface area contributed by atoms with E-state index in [4.69, 9.17) is 9.15 Å². The highest BCUT2D eigenvalue weighted by Gasteiger charge is 2.19. The Morgan fingerprint density at radius 1 is 0.941 bits per heavy atom. The van der Waals surface area contributed by atoms with Crippen LogP contribution in [0.1, 0.15) is 28.0 Å². The zero-order valence-electron chi connectivity index (χ0n) is 10.9. The van der Waals surface area contributed by atoms with Gasteiger partial charge in [0.05, 0.1) is 5.39 Å². The molecule has 0 N–H and O–H groups in total. The molecule has 0 fully saturated rings. The molecule has 0 bridgehead atoms. The van der Waals surface area contributed by atoms with Crippen LogP contribution < -0.4 is 4.74 Å². The van der Waals surface area contributed by atoms with Crippen molar-refractivity contribution in [3.05, 3.63) is 28.0 Å². The molecule has 0 aliphatic rings. The van der Waals surface area contributed by atoms with Crippen molar-refractivity contribution in [2.24, 2.45) is 0 Å². The molecule has 1 aromatic carbocycles. The fourth-order valence-corrected chi connectivity index (χ4v) is 2.44. The summed E-state index contributed by atoms with van der Waals surface area (Å²) >= 11 is 3.33. The Balaban J connectivity index is 2.94. The molecule has 0 saturated heterocycles. The molecule has 0 amide bonds. The average molecular weight is 297 g/mol. The van der Waals surface area contributed by atoms with Gasteiger partial charge in [0.15, 0.2) is 0 Å². The molecule has 2 rings (SSSR count). The lowest BCUT2D eigenvalue weighted by molar-refractivity contribution is 0.399. The quantitative estimate of drug-likeness (QED) is 0.749. The van der Waals surface area contributed by atoms with E-state index < -0.39 is 0 Å². The maximum absolute atomic E-state index is 5.86. The third-order valence-electron chi connectivity index (χ3n) is 3.62. The zero-order chi connectivity index (χ0) is 12.7. The third-order valence-corrected chi connectivity index (χ3v) is 3.85. The summed E-state index contributed by atoms with van der Waals surface area (Å²) in [5.41, 5.74) is 6.26. The van der Waals surface area contributed by atoms with Crippen LogP contribution in [0.3, 0.4) is 0 Å². The normalized spacial score (nSPS) is 11.2. The van der Waals surface area contributed by atoms with E-state index in [2.05, 4.69) is 43.6 Å². The van der Waals surface area contributed by atoms with Gasteiger partial charge in [-0.3, -0.25) is 0 Å². The SMILES string of the molecule is Cc1oc2c(C)c(C)c(C)c(OCBr)c2c1C. The lowest BCUT2D eigenvalue weighted by Gasteiger charge is -2.13. The number of halogens is 1. The molecule has 0 aliphatic heterocycles. The minimum atomic E-state index is 0.495. The summed E-state index contributed by atoms with van der Waals surface area (Å²) in [6.45, 7) is 10.4.